The summed E-state index contributed by atoms with van der Waals surface area (Å²) in [4.78, 5) is 24.2. The highest BCUT2D eigenvalue weighted by Crippen LogP contribution is 2.33. The number of amides is 1. The van der Waals surface area contributed by atoms with E-state index >= 15 is 0 Å². The van der Waals surface area contributed by atoms with Crippen molar-refractivity contribution < 1.29 is 24.2 Å². The van der Waals surface area contributed by atoms with E-state index in [1.54, 1.807) is 12.1 Å². The molecule has 0 spiro atoms. The molecule has 142 valence electrons. The topological polar surface area (TPSA) is 84.9 Å². The van der Waals surface area contributed by atoms with Gasteiger partial charge in [0.05, 0.1) is 25.5 Å². The van der Waals surface area contributed by atoms with Crippen LogP contribution in [0.5, 0.6) is 11.5 Å². The summed E-state index contributed by atoms with van der Waals surface area (Å²) in [6.07, 6.45) is 0. The van der Waals surface area contributed by atoms with E-state index in [9.17, 15) is 14.7 Å². The quantitative estimate of drug-likeness (QED) is 0.668. The van der Waals surface area contributed by atoms with Gasteiger partial charge in [0, 0.05) is 17.7 Å². The van der Waals surface area contributed by atoms with Gasteiger partial charge in [-0.2, -0.15) is 0 Å². The fraction of sp³-hybridized carbons (Fsp3) is 0.0909. The van der Waals surface area contributed by atoms with Gasteiger partial charge < -0.3 is 19.9 Å². The minimum atomic E-state index is -1.18. The zero-order chi connectivity index (χ0) is 20.1. The van der Waals surface area contributed by atoms with E-state index in [2.05, 4.69) is 5.32 Å². The van der Waals surface area contributed by atoms with E-state index in [4.69, 9.17) is 9.47 Å². The molecule has 0 unspecified atom stereocenters. The van der Waals surface area contributed by atoms with Gasteiger partial charge in [-0.25, -0.2) is 4.79 Å². The van der Waals surface area contributed by atoms with Gasteiger partial charge >= 0.3 is 5.97 Å². The van der Waals surface area contributed by atoms with Crippen LogP contribution in [0.4, 0.5) is 5.69 Å². The average Bonchev–Trinajstić information content (AvgIpc) is 2.73. The molecule has 6 heteroatoms. The highest BCUT2D eigenvalue weighted by Gasteiger charge is 2.18. The molecule has 0 aliphatic heterocycles. The molecule has 0 heterocycles. The minimum Gasteiger partial charge on any atom is -0.493 e. The minimum absolute atomic E-state index is 0.0908. The van der Waals surface area contributed by atoms with E-state index in [1.165, 1.54) is 26.4 Å². The van der Waals surface area contributed by atoms with Gasteiger partial charge in [-0.05, 0) is 23.3 Å². The van der Waals surface area contributed by atoms with Gasteiger partial charge in [0.15, 0.2) is 11.5 Å². The highest BCUT2D eigenvalue weighted by molar-refractivity contribution is 6.08. The van der Waals surface area contributed by atoms with E-state index < -0.39 is 11.9 Å². The Kier molecular flexibility index (Phi) is 5.60. The summed E-state index contributed by atoms with van der Waals surface area (Å²) in [5.41, 5.74) is 2.47. The van der Waals surface area contributed by atoms with Crippen molar-refractivity contribution in [2.24, 2.45) is 0 Å². The smallest absolute Gasteiger partial charge is 0.337 e. The molecule has 0 bridgehead atoms. The summed E-state index contributed by atoms with van der Waals surface area (Å²) in [6.45, 7) is 0. The standard InChI is InChI=1S/C22H19NO5/c1-27-19-12-17(22(25)26)18(13-20(19)28-2)23-21(24)16-10-8-15(9-11-16)14-6-4-3-5-7-14/h3-13H,1-2H3,(H,23,24)(H,25,26). The van der Waals surface area contributed by atoms with Crippen LogP contribution in [-0.2, 0) is 0 Å². The molecule has 0 radical (unpaired) electrons. The van der Waals surface area contributed by atoms with Crippen LogP contribution in [0, 0.1) is 0 Å². The molecule has 3 rings (SSSR count). The summed E-state index contributed by atoms with van der Waals surface area (Å²) in [6, 6.07) is 19.6. The molecule has 3 aromatic rings. The number of hydrogen-bond acceptors (Lipinski definition) is 4. The number of anilines is 1. The second-order valence-corrected chi connectivity index (χ2v) is 5.96. The average molecular weight is 377 g/mol. The fourth-order valence-electron chi connectivity index (χ4n) is 2.80. The van der Waals surface area contributed by atoms with Gasteiger partial charge in [0.1, 0.15) is 0 Å². The molecular weight excluding hydrogens is 358 g/mol. The lowest BCUT2D eigenvalue weighted by molar-refractivity contribution is 0.0697. The van der Waals surface area contributed by atoms with Gasteiger partial charge in [0.25, 0.3) is 5.91 Å². The first-order chi connectivity index (χ1) is 13.5. The third-order valence-corrected chi connectivity index (χ3v) is 4.26. The number of hydrogen-bond donors (Lipinski definition) is 2. The van der Waals surface area contributed by atoms with Crippen LogP contribution in [0.3, 0.4) is 0 Å². The molecular formula is C22H19NO5. The van der Waals surface area contributed by atoms with Crippen molar-refractivity contribution in [1.82, 2.24) is 0 Å². The van der Waals surface area contributed by atoms with E-state index in [0.717, 1.165) is 11.1 Å². The molecule has 0 atom stereocenters. The lowest BCUT2D eigenvalue weighted by atomic mass is 10.0. The first kappa shape index (κ1) is 19.0. The number of ether oxygens (including phenoxy) is 2. The van der Waals surface area contributed by atoms with Crippen LogP contribution in [0.2, 0.25) is 0 Å². The van der Waals surface area contributed by atoms with Crippen molar-refractivity contribution in [2.75, 3.05) is 19.5 Å². The van der Waals surface area contributed by atoms with Crippen LogP contribution in [-0.4, -0.2) is 31.2 Å². The predicted molar refractivity (Wildman–Crippen MR) is 106 cm³/mol. The molecule has 0 aliphatic rings. The summed E-state index contributed by atoms with van der Waals surface area (Å²) in [5, 5.41) is 12.1. The van der Waals surface area contributed by atoms with Crippen molar-refractivity contribution in [3.63, 3.8) is 0 Å². The first-order valence-corrected chi connectivity index (χ1v) is 8.49. The van der Waals surface area contributed by atoms with Gasteiger partial charge in [-0.1, -0.05) is 42.5 Å². The van der Waals surface area contributed by atoms with Crippen LogP contribution in [0.25, 0.3) is 11.1 Å². The van der Waals surface area contributed by atoms with Crippen molar-refractivity contribution in [2.45, 2.75) is 0 Å². The lowest BCUT2D eigenvalue weighted by Gasteiger charge is -2.14. The molecule has 0 fully saturated rings. The van der Waals surface area contributed by atoms with Crippen LogP contribution in [0.15, 0.2) is 66.7 Å². The van der Waals surface area contributed by atoms with Gasteiger partial charge in [-0.3, -0.25) is 4.79 Å². The molecule has 6 nitrogen and oxygen atoms in total. The second-order valence-electron chi connectivity index (χ2n) is 5.96. The number of carbonyl (C=O) groups is 2. The predicted octanol–water partition coefficient (Wildman–Crippen LogP) is 4.32. The number of benzene rings is 3. The molecule has 0 aromatic heterocycles. The number of carboxylic acids is 1. The van der Waals surface area contributed by atoms with Crippen LogP contribution in [0.1, 0.15) is 20.7 Å². The molecule has 2 N–H and O–H groups in total. The summed E-state index contributed by atoms with van der Waals surface area (Å²) in [7, 11) is 2.85. The number of carbonyl (C=O) groups excluding carboxylic acids is 1. The van der Waals surface area contributed by atoms with Crippen LogP contribution < -0.4 is 14.8 Å². The Morgan fingerprint density at radius 2 is 1.39 bits per heavy atom. The van der Waals surface area contributed by atoms with E-state index in [0.29, 0.717) is 11.3 Å². The van der Waals surface area contributed by atoms with Gasteiger partial charge in [0.2, 0.25) is 0 Å². The van der Waals surface area contributed by atoms with Crippen LogP contribution >= 0.6 is 0 Å². The third kappa shape index (κ3) is 3.96. The SMILES string of the molecule is COc1cc(NC(=O)c2ccc(-c3ccccc3)cc2)c(C(=O)O)cc1OC. The molecule has 0 saturated heterocycles. The Balaban J connectivity index is 1.87. The summed E-state index contributed by atoms with van der Waals surface area (Å²) < 4.78 is 10.3. The summed E-state index contributed by atoms with van der Waals surface area (Å²) >= 11 is 0. The first-order valence-electron chi connectivity index (χ1n) is 8.49. The molecule has 3 aromatic carbocycles. The Bertz CT molecular complexity index is 997. The Labute approximate surface area is 162 Å². The number of nitrogens with one attached hydrogen (secondary N) is 1. The summed E-state index contributed by atoms with van der Waals surface area (Å²) in [5.74, 6) is -1.02. The maximum absolute atomic E-state index is 12.6. The third-order valence-electron chi connectivity index (χ3n) is 4.26. The monoisotopic (exact) mass is 377 g/mol. The van der Waals surface area contributed by atoms with Crippen molar-refractivity contribution in [3.05, 3.63) is 77.9 Å². The Morgan fingerprint density at radius 1 is 0.821 bits per heavy atom. The normalized spacial score (nSPS) is 10.2. The van der Waals surface area contributed by atoms with Gasteiger partial charge in [-0.15, -0.1) is 0 Å². The lowest BCUT2D eigenvalue weighted by Crippen LogP contribution is -2.15. The maximum atomic E-state index is 12.6. The fourth-order valence-corrected chi connectivity index (χ4v) is 2.80. The second kappa shape index (κ2) is 8.26. The van der Waals surface area contributed by atoms with Crippen molar-refractivity contribution in [1.29, 1.82) is 0 Å². The number of rotatable bonds is 6. The van der Waals surface area contributed by atoms with E-state index in [-0.39, 0.29) is 17.0 Å². The molecule has 1 amide bonds. The maximum Gasteiger partial charge on any atom is 0.337 e. The molecule has 0 saturated carbocycles. The number of aromatic carboxylic acids is 1. The number of carboxylic acid groups (broad SMARTS) is 1. The zero-order valence-corrected chi connectivity index (χ0v) is 15.4. The molecule has 0 aliphatic carbocycles. The highest BCUT2D eigenvalue weighted by atomic mass is 16.5. The zero-order valence-electron chi connectivity index (χ0n) is 15.4. The number of methoxy groups -OCH3 is 2. The largest absolute Gasteiger partial charge is 0.493 e. The Hall–Kier alpha value is -3.80. The molecule has 28 heavy (non-hydrogen) atoms. The van der Waals surface area contributed by atoms with E-state index in [1.807, 2.05) is 42.5 Å². The Morgan fingerprint density at radius 3 is 1.96 bits per heavy atom. The van der Waals surface area contributed by atoms with Crippen molar-refractivity contribution in [3.8, 4) is 22.6 Å². The van der Waals surface area contributed by atoms with Crippen molar-refractivity contribution >= 4 is 17.6 Å².